The van der Waals surface area contributed by atoms with Crippen molar-refractivity contribution in [3.05, 3.63) is 58.8 Å². The van der Waals surface area contributed by atoms with E-state index in [1.165, 1.54) is 28.1 Å². The Hall–Kier alpha value is -4.65. The summed E-state index contributed by atoms with van der Waals surface area (Å²) >= 11 is 1.39. The maximum absolute atomic E-state index is 14.1. The van der Waals surface area contributed by atoms with Gasteiger partial charge in [0, 0.05) is 27.7 Å². The molecule has 1 N–H and O–H groups in total. The Kier molecular flexibility index (Phi) is 8.29. The molecule has 0 fully saturated rings. The molecule has 42 heavy (non-hydrogen) atoms. The standard InChI is InChI=1S/C29H32N6O6S/c1-29(2,3)30-28(37)26(24-7-6-14-42-24)35(19-9-11-21-23(16-19)41-13-12-40-21)25(36)17-34-32-27(31-33-34)18-8-10-20(38-4)22(15-18)39-5/h6-11,14-16,26H,12-13,17H2,1-5H3,(H,30,37). The lowest BCUT2D eigenvalue weighted by molar-refractivity contribution is -0.128. The molecule has 5 rings (SSSR count). The molecule has 1 atom stereocenters. The number of amides is 2. The van der Waals surface area contributed by atoms with Crippen LogP contribution in [0.25, 0.3) is 11.4 Å². The van der Waals surface area contributed by atoms with E-state index in [9.17, 15) is 9.59 Å². The Balaban J connectivity index is 1.51. The third kappa shape index (κ3) is 6.30. The van der Waals surface area contributed by atoms with Gasteiger partial charge in [0.05, 0.1) is 14.2 Å². The smallest absolute Gasteiger partial charge is 0.251 e. The van der Waals surface area contributed by atoms with Gasteiger partial charge in [0.15, 0.2) is 23.0 Å². The fraction of sp³-hybridized carbons (Fsp3) is 0.345. The van der Waals surface area contributed by atoms with Gasteiger partial charge in [0.25, 0.3) is 5.91 Å². The van der Waals surface area contributed by atoms with Crippen LogP contribution in [-0.4, -0.2) is 65.0 Å². The number of methoxy groups -OCH3 is 2. The molecule has 0 saturated heterocycles. The monoisotopic (exact) mass is 592 g/mol. The van der Waals surface area contributed by atoms with Crippen molar-refractivity contribution in [2.24, 2.45) is 0 Å². The first kappa shape index (κ1) is 28.9. The number of benzene rings is 2. The van der Waals surface area contributed by atoms with E-state index in [0.29, 0.717) is 58.2 Å². The zero-order valence-corrected chi connectivity index (χ0v) is 24.8. The zero-order valence-electron chi connectivity index (χ0n) is 24.0. The lowest BCUT2D eigenvalue weighted by Gasteiger charge is -2.33. The van der Waals surface area contributed by atoms with Crippen molar-refractivity contribution in [2.75, 3.05) is 32.3 Å². The van der Waals surface area contributed by atoms with Gasteiger partial charge < -0.3 is 24.3 Å². The van der Waals surface area contributed by atoms with Gasteiger partial charge >= 0.3 is 0 Å². The molecule has 4 aromatic rings. The number of hydrogen-bond donors (Lipinski definition) is 1. The minimum atomic E-state index is -0.965. The van der Waals surface area contributed by atoms with Gasteiger partial charge in [-0.15, -0.1) is 21.5 Å². The number of carbonyl (C=O) groups excluding carboxylic acids is 2. The fourth-order valence-corrected chi connectivity index (χ4v) is 5.29. The first-order chi connectivity index (χ1) is 20.2. The third-order valence-corrected chi connectivity index (χ3v) is 7.19. The Morgan fingerprint density at radius 1 is 1.05 bits per heavy atom. The number of nitrogens with one attached hydrogen (secondary N) is 1. The Bertz CT molecular complexity index is 1570. The number of thiophene rings is 1. The summed E-state index contributed by atoms with van der Waals surface area (Å²) < 4.78 is 22.2. The lowest BCUT2D eigenvalue weighted by Crippen LogP contribution is -2.50. The normalized spacial score (nSPS) is 13.3. The molecule has 0 radical (unpaired) electrons. The van der Waals surface area contributed by atoms with Crippen LogP contribution < -0.4 is 29.2 Å². The molecule has 0 spiro atoms. The van der Waals surface area contributed by atoms with Crippen LogP contribution in [0.3, 0.4) is 0 Å². The van der Waals surface area contributed by atoms with E-state index in [-0.39, 0.29) is 12.5 Å². The van der Waals surface area contributed by atoms with E-state index < -0.39 is 17.5 Å². The quantitative estimate of drug-likeness (QED) is 0.308. The van der Waals surface area contributed by atoms with Crippen molar-refractivity contribution in [2.45, 2.75) is 38.9 Å². The largest absolute Gasteiger partial charge is 0.493 e. The molecule has 0 bridgehead atoms. The molecule has 1 unspecified atom stereocenters. The van der Waals surface area contributed by atoms with Crippen LogP contribution in [0.4, 0.5) is 5.69 Å². The maximum Gasteiger partial charge on any atom is 0.251 e. The van der Waals surface area contributed by atoms with E-state index >= 15 is 0 Å². The second-order valence-electron chi connectivity index (χ2n) is 10.5. The summed E-state index contributed by atoms with van der Waals surface area (Å²) in [5.41, 5.74) is 0.568. The molecule has 0 aliphatic carbocycles. The predicted octanol–water partition coefficient (Wildman–Crippen LogP) is 3.88. The van der Waals surface area contributed by atoms with E-state index in [0.717, 1.165) is 0 Å². The Morgan fingerprint density at radius 3 is 2.50 bits per heavy atom. The zero-order chi connectivity index (χ0) is 29.9. The average Bonchev–Trinajstić information content (AvgIpc) is 3.67. The molecule has 0 saturated carbocycles. The highest BCUT2D eigenvalue weighted by molar-refractivity contribution is 7.10. The maximum atomic E-state index is 14.1. The van der Waals surface area contributed by atoms with Crippen molar-refractivity contribution >= 4 is 28.8 Å². The molecule has 220 valence electrons. The summed E-state index contributed by atoms with van der Waals surface area (Å²) in [5, 5.41) is 17.6. The summed E-state index contributed by atoms with van der Waals surface area (Å²) in [6.07, 6.45) is 0. The summed E-state index contributed by atoms with van der Waals surface area (Å²) in [7, 11) is 3.09. The first-order valence-electron chi connectivity index (χ1n) is 13.2. The fourth-order valence-electron chi connectivity index (χ4n) is 4.48. The van der Waals surface area contributed by atoms with Gasteiger partial charge in [-0.2, -0.15) is 4.80 Å². The number of carbonyl (C=O) groups is 2. The lowest BCUT2D eigenvalue weighted by atomic mass is 10.1. The highest BCUT2D eigenvalue weighted by Gasteiger charge is 2.36. The van der Waals surface area contributed by atoms with Crippen molar-refractivity contribution in [1.29, 1.82) is 0 Å². The number of fused-ring (bicyclic) bond motifs is 1. The van der Waals surface area contributed by atoms with Crippen LogP contribution in [0.1, 0.15) is 31.7 Å². The molecule has 3 heterocycles. The number of ether oxygens (including phenoxy) is 4. The molecule has 1 aliphatic heterocycles. The number of tetrazole rings is 1. The third-order valence-electron chi connectivity index (χ3n) is 6.26. The summed E-state index contributed by atoms with van der Waals surface area (Å²) in [6, 6.07) is 13.1. The molecular formula is C29H32N6O6S. The predicted molar refractivity (Wildman–Crippen MR) is 156 cm³/mol. The van der Waals surface area contributed by atoms with Gasteiger partial charge in [-0.25, -0.2) is 0 Å². The number of nitrogens with zero attached hydrogens (tertiary/aromatic N) is 5. The van der Waals surface area contributed by atoms with Crippen molar-refractivity contribution in [3.8, 4) is 34.4 Å². The second kappa shape index (κ2) is 12.1. The molecule has 2 amide bonds. The summed E-state index contributed by atoms with van der Waals surface area (Å²) in [6.45, 7) is 6.20. The van der Waals surface area contributed by atoms with Crippen molar-refractivity contribution < 1.29 is 28.5 Å². The highest BCUT2D eigenvalue weighted by Crippen LogP contribution is 2.38. The number of hydrogen-bond acceptors (Lipinski definition) is 10. The van der Waals surface area contributed by atoms with E-state index in [1.54, 1.807) is 43.5 Å². The summed E-state index contributed by atoms with van der Waals surface area (Å²) in [5.74, 6) is 1.68. The minimum Gasteiger partial charge on any atom is -0.493 e. The highest BCUT2D eigenvalue weighted by atomic mass is 32.1. The van der Waals surface area contributed by atoms with E-state index in [4.69, 9.17) is 18.9 Å². The molecule has 2 aromatic heterocycles. The number of aromatic nitrogens is 4. The van der Waals surface area contributed by atoms with Crippen LogP contribution in [0, 0.1) is 0 Å². The molecular weight excluding hydrogens is 560 g/mol. The number of anilines is 1. The molecule has 1 aliphatic rings. The molecule has 13 heteroatoms. The van der Waals surface area contributed by atoms with Crippen LogP contribution in [0.15, 0.2) is 53.9 Å². The second-order valence-corrected chi connectivity index (χ2v) is 11.4. The average molecular weight is 593 g/mol. The van der Waals surface area contributed by atoms with Gasteiger partial charge in [0.1, 0.15) is 25.8 Å². The topological polar surface area (TPSA) is 130 Å². The SMILES string of the molecule is COc1ccc(-c2nnn(CC(=O)N(c3ccc4c(c3)OCCO4)C(C(=O)NC(C)(C)C)c3cccs3)n2)cc1OC. The van der Waals surface area contributed by atoms with Crippen LogP contribution in [0.5, 0.6) is 23.0 Å². The van der Waals surface area contributed by atoms with Crippen LogP contribution >= 0.6 is 11.3 Å². The van der Waals surface area contributed by atoms with Gasteiger partial charge in [-0.1, -0.05) is 6.07 Å². The van der Waals surface area contributed by atoms with Crippen LogP contribution in [0.2, 0.25) is 0 Å². The first-order valence-corrected chi connectivity index (χ1v) is 14.1. The Labute approximate surface area is 247 Å². The van der Waals surface area contributed by atoms with Crippen LogP contribution in [-0.2, 0) is 16.1 Å². The number of rotatable bonds is 9. The molecule has 2 aromatic carbocycles. The Morgan fingerprint density at radius 2 is 1.81 bits per heavy atom. The van der Waals surface area contributed by atoms with Gasteiger partial charge in [-0.3, -0.25) is 14.5 Å². The molecule has 12 nitrogen and oxygen atoms in total. The van der Waals surface area contributed by atoms with E-state index in [1.807, 2.05) is 38.3 Å². The van der Waals surface area contributed by atoms with Gasteiger partial charge in [-0.05, 0) is 67.8 Å². The minimum absolute atomic E-state index is 0.278. The van der Waals surface area contributed by atoms with Crippen molar-refractivity contribution in [1.82, 2.24) is 25.5 Å². The summed E-state index contributed by atoms with van der Waals surface area (Å²) in [4.78, 5) is 31.3. The van der Waals surface area contributed by atoms with E-state index in [2.05, 4.69) is 20.7 Å². The van der Waals surface area contributed by atoms with Gasteiger partial charge in [0.2, 0.25) is 11.7 Å². The van der Waals surface area contributed by atoms with Crippen molar-refractivity contribution in [3.63, 3.8) is 0 Å².